The predicted octanol–water partition coefficient (Wildman–Crippen LogP) is 3.41. The fraction of sp³-hybridized carbons (Fsp3) is 0.480. The molecule has 1 aliphatic carbocycles. The molecule has 2 aliphatic rings. The number of benzene rings is 1. The number of esters is 2. The van der Waals surface area contributed by atoms with Crippen molar-refractivity contribution in [2.24, 2.45) is 11.8 Å². The van der Waals surface area contributed by atoms with E-state index in [1.54, 1.807) is 6.92 Å². The number of nitrogens with one attached hydrogen (secondary N) is 1. The van der Waals surface area contributed by atoms with Crippen LogP contribution in [0, 0.1) is 17.7 Å². The monoisotopic (exact) mass is 459 g/mol. The van der Waals surface area contributed by atoms with Crippen LogP contribution in [0.5, 0.6) is 0 Å². The highest BCUT2D eigenvalue weighted by Gasteiger charge is 2.47. The highest BCUT2D eigenvalue weighted by atomic mass is 19.1. The Hall–Kier alpha value is -3.00. The summed E-state index contributed by atoms with van der Waals surface area (Å²) >= 11 is 0. The van der Waals surface area contributed by atoms with E-state index in [2.05, 4.69) is 5.32 Å². The van der Waals surface area contributed by atoms with Crippen LogP contribution in [0.15, 0.2) is 46.8 Å². The van der Waals surface area contributed by atoms with Gasteiger partial charge in [0.25, 0.3) is 0 Å². The highest BCUT2D eigenvalue weighted by Crippen LogP contribution is 2.45. The van der Waals surface area contributed by atoms with Gasteiger partial charge in [0, 0.05) is 22.9 Å². The number of carbonyl (C=O) groups excluding carboxylic acids is 3. The Morgan fingerprint density at radius 2 is 1.85 bits per heavy atom. The molecule has 1 aromatic carbocycles. The van der Waals surface area contributed by atoms with Gasteiger partial charge >= 0.3 is 11.9 Å². The Morgan fingerprint density at radius 3 is 2.45 bits per heavy atom. The zero-order valence-corrected chi connectivity index (χ0v) is 19.6. The number of halogens is 1. The largest absolute Gasteiger partial charge is 0.468 e. The van der Waals surface area contributed by atoms with Crippen LogP contribution in [-0.4, -0.2) is 44.1 Å². The first-order chi connectivity index (χ1) is 15.6. The number of ether oxygens (including phenoxy) is 3. The molecular formula is C25H30FNO6. The van der Waals surface area contributed by atoms with Gasteiger partial charge < -0.3 is 19.5 Å². The maximum Gasteiger partial charge on any atom is 0.336 e. The van der Waals surface area contributed by atoms with Crippen LogP contribution in [0.3, 0.4) is 0 Å². The maximum absolute atomic E-state index is 13.7. The quantitative estimate of drug-likeness (QED) is 0.380. The van der Waals surface area contributed by atoms with Crippen LogP contribution in [-0.2, 0) is 28.6 Å². The molecule has 0 fully saturated rings. The van der Waals surface area contributed by atoms with Crippen molar-refractivity contribution in [3.63, 3.8) is 0 Å². The number of methoxy groups -OCH3 is 1. The molecule has 1 aromatic rings. The summed E-state index contributed by atoms with van der Waals surface area (Å²) in [4.78, 5) is 39.1. The molecule has 33 heavy (non-hydrogen) atoms. The number of rotatable bonds is 7. The summed E-state index contributed by atoms with van der Waals surface area (Å²) in [6.07, 6.45) is 0.429. The van der Waals surface area contributed by atoms with Crippen molar-refractivity contribution in [2.45, 2.75) is 46.1 Å². The summed E-state index contributed by atoms with van der Waals surface area (Å²) in [6.45, 7) is 7.60. The van der Waals surface area contributed by atoms with Crippen LogP contribution in [0.1, 0.15) is 45.6 Å². The van der Waals surface area contributed by atoms with E-state index in [4.69, 9.17) is 14.2 Å². The Bertz CT molecular complexity index is 995. The third-order valence-corrected chi connectivity index (χ3v) is 5.93. The number of ketones is 1. The van der Waals surface area contributed by atoms with Gasteiger partial charge in [-0.05, 0) is 50.8 Å². The van der Waals surface area contributed by atoms with Gasteiger partial charge in [0.1, 0.15) is 18.3 Å². The molecule has 0 unspecified atom stereocenters. The standard InChI is InChI=1S/C25H30FNO6/c1-13(2)32-10-11-33-25(30)20-15(4)27-18-12-14(3)19(24(29)31-5)23(28)22(18)21(20)16-6-8-17(26)9-7-16/h6-9,13-14,19,21,27H,10-12H2,1-5H3/t14-,19-,21-/m0/s1. The van der Waals surface area contributed by atoms with E-state index in [1.807, 2.05) is 20.8 Å². The molecule has 0 spiro atoms. The molecule has 0 aromatic heterocycles. The normalized spacial score (nSPS) is 22.8. The van der Waals surface area contributed by atoms with Crippen LogP contribution in [0.25, 0.3) is 0 Å². The Morgan fingerprint density at radius 1 is 1.18 bits per heavy atom. The lowest BCUT2D eigenvalue weighted by Gasteiger charge is -2.38. The molecule has 0 bridgehead atoms. The molecule has 1 heterocycles. The fourth-order valence-electron chi connectivity index (χ4n) is 4.44. The molecule has 0 saturated heterocycles. The summed E-state index contributed by atoms with van der Waals surface area (Å²) in [5.74, 6) is -4.11. The van der Waals surface area contributed by atoms with Crippen molar-refractivity contribution >= 4 is 17.7 Å². The van der Waals surface area contributed by atoms with Crippen molar-refractivity contribution in [1.82, 2.24) is 5.32 Å². The highest BCUT2D eigenvalue weighted by molar-refractivity contribution is 6.12. The predicted molar refractivity (Wildman–Crippen MR) is 118 cm³/mol. The van der Waals surface area contributed by atoms with Crippen LogP contribution >= 0.6 is 0 Å². The van der Waals surface area contributed by atoms with Crippen LogP contribution in [0.2, 0.25) is 0 Å². The van der Waals surface area contributed by atoms with Gasteiger partial charge in [0.2, 0.25) is 0 Å². The Kier molecular flexibility index (Phi) is 7.68. The molecule has 178 valence electrons. The van der Waals surface area contributed by atoms with E-state index < -0.39 is 35.4 Å². The summed E-state index contributed by atoms with van der Waals surface area (Å²) in [5, 5.41) is 3.19. The number of Topliss-reactive ketones (excluding diaryl/α,β-unsaturated/α-hetero) is 1. The minimum atomic E-state index is -0.978. The number of hydrogen-bond acceptors (Lipinski definition) is 7. The second kappa shape index (κ2) is 10.3. The fourth-order valence-corrected chi connectivity index (χ4v) is 4.44. The number of carbonyl (C=O) groups is 3. The molecule has 0 saturated carbocycles. The lowest BCUT2D eigenvalue weighted by atomic mass is 9.69. The molecule has 7 nitrogen and oxygen atoms in total. The molecular weight excluding hydrogens is 429 g/mol. The van der Waals surface area contributed by atoms with Gasteiger partial charge in [0.05, 0.1) is 25.4 Å². The van der Waals surface area contributed by atoms with E-state index in [0.29, 0.717) is 29.0 Å². The van der Waals surface area contributed by atoms with Crippen molar-refractivity contribution in [2.75, 3.05) is 20.3 Å². The molecule has 0 amide bonds. The zero-order chi connectivity index (χ0) is 24.3. The van der Waals surface area contributed by atoms with Gasteiger partial charge in [-0.15, -0.1) is 0 Å². The van der Waals surface area contributed by atoms with Gasteiger partial charge in [-0.3, -0.25) is 9.59 Å². The summed E-state index contributed by atoms with van der Waals surface area (Å²) in [6, 6.07) is 5.63. The van der Waals surface area contributed by atoms with Crippen LogP contribution < -0.4 is 5.32 Å². The van der Waals surface area contributed by atoms with E-state index in [-0.39, 0.29) is 30.8 Å². The molecule has 3 atom stereocenters. The average molecular weight is 460 g/mol. The molecule has 8 heteroatoms. The number of allylic oxidation sites excluding steroid dienone is 3. The van der Waals surface area contributed by atoms with E-state index >= 15 is 0 Å². The van der Waals surface area contributed by atoms with Gasteiger partial charge in [-0.25, -0.2) is 9.18 Å². The Labute approximate surface area is 193 Å². The topological polar surface area (TPSA) is 90.9 Å². The van der Waals surface area contributed by atoms with Crippen molar-refractivity contribution < 1.29 is 33.0 Å². The van der Waals surface area contributed by atoms with Crippen molar-refractivity contribution in [3.05, 3.63) is 58.2 Å². The van der Waals surface area contributed by atoms with E-state index in [1.165, 1.54) is 31.4 Å². The summed E-state index contributed by atoms with van der Waals surface area (Å²) < 4.78 is 29.4. The van der Waals surface area contributed by atoms with Crippen molar-refractivity contribution in [1.29, 1.82) is 0 Å². The van der Waals surface area contributed by atoms with Gasteiger partial charge in [0.15, 0.2) is 5.78 Å². The van der Waals surface area contributed by atoms with Gasteiger partial charge in [-0.2, -0.15) is 0 Å². The first-order valence-electron chi connectivity index (χ1n) is 11.0. The number of hydrogen-bond donors (Lipinski definition) is 1. The first-order valence-corrected chi connectivity index (χ1v) is 11.0. The maximum atomic E-state index is 13.7. The molecule has 1 N–H and O–H groups in total. The molecule has 3 rings (SSSR count). The summed E-state index contributed by atoms with van der Waals surface area (Å²) in [7, 11) is 1.24. The Balaban J connectivity index is 2.02. The minimum absolute atomic E-state index is 0.00205. The SMILES string of the molecule is COC(=O)[C@@H]1C(=O)C2=C(C[C@@H]1C)NC(C)=C(C(=O)OCCOC(C)C)[C@@H]2c1ccc(F)cc1. The number of dihydropyridines is 1. The third kappa shape index (κ3) is 5.16. The summed E-state index contributed by atoms with van der Waals surface area (Å²) in [5.41, 5.74) is 2.32. The third-order valence-electron chi connectivity index (χ3n) is 5.93. The zero-order valence-electron chi connectivity index (χ0n) is 19.6. The first kappa shape index (κ1) is 24.6. The second-order valence-corrected chi connectivity index (χ2v) is 8.64. The molecule has 0 radical (unpaired) electrons. The second-order valence-electron chi connectivity index (χ2n) is 8.64. The van der Waals surface area contributed by atoms with Crippen molar-refractivity contribution in [3.8, 4) is 0 Å². The minimum Gasteiger partial charge on any atom is -0.468 e. The lowest BCUT2D eigenvalue weighted by molar-refractivity contribution is -0.151. The average Bonchev–Trinajstić information content (AvgIpc) is 2.75. The van der Waals surface area contributed by atoms with E-state index in [0.717, 1.165) is 0 Å². The van der Waals surface area contributed by atoms with E-state index in [9.17, 15) is 18.8 Å². The lowest BCUT2D eigenvalue weighted by Crippen LogP contribution is -2.43. The van der Waals surface area contributed by atoms with Gasteiger partial charge in [-0.1, -0.05) is 19.1 Å². The van der Waals surface area contributed by atoms with Crippen LogP contribution in [0.4, 0.5) is 4.39 Å². The molecule has 1 aliphatic heterocycles. The smallest absolute Gasteiger partial charge is 0.336 e.